The van der Waals surface area contributed by atoms with Gasteiger partial charge in [0.05, 0.1) is 0 Å². The number of rotatable bonds is 1. The normalized spacial score (nSPS) is 10.5. The van der Waals surface area contributed by atoms with Gasteiger partial charge in [0.15, 0.2) is 0 Å². The fraction of sp³-hybridized carbons (Fsp3) is 0. The van der Waals surface area contributed by atoms with Gasteiger partial charge in [-0.25, -0.2) is 0 Å². The minimum absolute atomic E-state index is 0.119. The zero-order chi connectivity index (χ0) is 9.42. The molecule has 5 heteroatoms. The Morgan fingerprint density at radius 1 is 1.54 bits per heavy atom. The number of aromatic nitrogens is 1. The summed E-state index contributed by atoms with van der Waals surface area (Å²) in [7, 11) is 0. The van der Waals surface area contributed by atoms with E-state index in [2.05, 4.69) is 4.98 Å². The van der Waals surface area contributed by atoms with E-state index < -0.39 is 5.91 Å². The zero-order valence-electron chi connectivity index (χ0n) is 6.65. The molecule has 4 nitrogen and oxygen atoms in total. The molecule has 4 N–H and O–H groups in total. The Morgan fingerprint density at radius 2 is 2.31 bits per heavy atom. The summed E-state index contributed by atoms with van der Waals surface area (Å²) in [5, 5.41) is 0.858. The van der Waals surface area contributed by atoms with Crippen LogP contribution in [0.1, 0.15) is 9.23 Å². The first-order valence-corrected chi connectivity index (χ1v) is 5.34. The standard InChI is InChI=1S/C8H7N3OSe/c9-5-4-2-1-3-11-8(4)13-6(5)7(10)12/h1-3H,9H2,(H2,10,12). The van der Waals surface area contributed by atoms with E-state index in [1.165, 1.54) is 0 Å². The summed E-state index contributed by atoms with van der Waals surface area (Å²) in [6, 6.07) is 3.65. The molecule has 0 radical (unpaired) electrons. The maximum atomic E-state index is 11.0. The molecule has 0 aliphatic heterocycles. The topological polar surface area (TPSA) is 82.0 Å². The van der Waals surface area contributed by atoms with E-state index in [1.807, 2.05) is 6.07 Å². The van der Waals surface area contributed by atoms with Crippen molar-refractivity contribution in [3.05, 3.63) is 22.8 Å². The van der Waals surface area contributed by atoms with Crippen LogP contribution in [0.3, 0.4) is 0 Å². The van der Waals surface area contributed by atoms with Gasteiger partial charge in [0.1, 0.15) is 0 Å². The summed E-state index contributed by atoms with van der Waals surface area (Å²) in [6.07, 6.45) is 1.69. The average Bonchev–Trinajstić information content (AvgIpc) is 2.45. The molecule has 0 aliphatic carbocycles. The van der Waals surface area contributed by atoms with Crippen LogP contribution in [0.4, 0.5) is 5.69 Å². The van der Waals surface area contributed by atoms with Crippen molar-refractivity contribution in [1.82, 2.24) is 4.98 Å². The van der Waals surface area contributed by atoms with E-state index >= 15 is 0 Å². The van der Waals surface area contributed by atoms with Crippen LogP contribution in [0.15, 0.2) is 18.3 Å². The van der Waals surface area contributed by atoms with Crippen LogP contribution in [-0.4, -0.2) is 25.4 Å². The van der Waals surface area contributed by atoms with Crippen molar-refractivity contribution in [2.75, 3.05) is 5.73 Å². The van der Waals surface area contributed by atoms with Gasteiger partial charge in [-0.1, -0.05) is 0 Å². The van der Waals surface area contributed by atoms with E-state index in [9.17, 15) is 4.79 Å². The Labute approximate surface area is 80.3 Å². The number of anilines is 1. The van der Waals surface area contributed by atoms with Crippen molar-refractivity contribution in [3.63, 3.8) is 0 Å². The van der Waals surface area contributed by atoms with Crippen molar-refractivity contribution >= 4 is 35.9 Å². The molecule has 2 heterocycles. The summed E-state index contributed by atoms with van der Waals surface area (Å²) in [5.74, 6) is -0.435. The van der Waals surface area contributed by atoms with Crippen molar-refractivity contribution in [2.24, 2.45) is 5.73 Å². The second kappa shape index (κ2) is 2.87. The Bertz CT molecular complexity index is 477. The molecule has 0 unspecified atom stereocenters. The number of carbonyl (C=O) groups is 1. The SMILES string of the molecule is NC(=O)c1[se]c2ncccc2c1N. The molecule has 0 spiro atoms. The Morgan fingerprint density at radius 3 is 2.92 bits per heavy atom. The number of hydrogen-bond donors (Lipinski definition) is 2. The third kappa shape index (κ3) is 1.22. The number of hydrogen-bond acceptors (Lipinski definition) is 3. The first-order valence-electron chi connectivity index (χ1n) is 3.63. The number of nitrogen functional groups attached to an aromatic ring is 1. The monoisotopic (exact) mass is 241 g/mol. The molecule has 0 saturated heterocycles. The van der Waals surface area contributed by atoms with Gasteiger partial charge in [-0.2, -0.15) is 0 Å². The van der Waals surface area contributed by atoms with Crippen LogP contribution in [-0.2, 0) is 0 Å². The molecular formula is C8H7N3OSe. The van der Waals surface area contributed by atoms with E-state index in [4.69, 9.17) is 11.5 Å². The third-order valence-electron chi connectivity index (χ3n) is 1.73. The van der Waals surface area contributed by atoms with Crippen molar-refractivity contribution in [3.8, 4) is 0 Å². The second-order valence-corrected chi connectivity index (χ2v) is 4.66. The predicted molar refractivity (Wildman–Crippen MR) is 51.6 cm³/mol. The summed E-state index contributed by atoms with van der Waals surface area (Å²) < 4.78 is 1.42. The molecule has 66 valence electrons. The van der Waals surface area contributed by atoms with Gasteiger partial charge in [0.25, 0.3) is 0 Å². The fourth-order valence-electron chi connectivity index (χ4n) is 1.13. The molecule has 0 fully saturated rings. The first-order chi connectivity index (χ1) is 6.20. The summed E-state index contributed by atoms with van der Waals surface area (Å²) in [6.45, 7) is 0. The van der Waals surface area contributed by atoms with Crippen LogP contribution >= 0.6 is 0 Å². The number of fused-ring (bicyclic) bond motifs is 1. The van der Waals surface area contributed by atoms with Crippen LogP contribution in [0.2, 0.25) is 0 Å². The number of nitrogens with zero attached hydrogens (tertiary/aromatic N) is 1. The van der Waals surface area contributed by atoms with E-state index in [1.54, 1.807) is 12.3 Å². The van der Waals surface area contributed by atoms with E-state index in [0.29, 0.717) is 10.1 Å². The van der Waals surface area contributed by atoms with Gasteiger partial charge in [0.2, 0.25) is 0 Å². The van der Waals surface area contributed by atoms with Gasteiger partial charge >= 0.3 is 79.9 Å². The quantitative estimate of drug-likeness (QED) is 0.687. The number of pyridine rings is 1. The average molecular weight is 240 g/mol. The fourth-order valence-corrected chi connectivity index (χ4v) is 3.05. The van der Waals surface area contributed by atoms with Crippen molar-refractivity contribution in [2.45, 2.75) is 0 Å². The van der Waals surface area contributed by atoms with Crippen molar-refractivity contribution in [1.29, 1.82) is 0 Å². The molecule has 0 bridgehead atoms. The second-order valence-electron chi connectivity index (χ2n) is 2.57. The van der Waals surface area contributed by atoms with Crippen molar-refractivity contribution < 1.29 is 4.79 Å². The van der Waals surface area contributed by atoms with Crippen LogP contribution in [0.5, 0.6) is 0 Å². The molecular weight excluding hydrogens is 233 g/mol. The molecule has 13 heavy (non-hydrogen) atoms. The van der Waals surface area contributed by atoms with E-state index in [-0.39, 0.29) is 14.5 Å². The summed E-state index contributed by atoms with van der Waals surface area (Å²) in [5.41, 5.74) is 11.4. The van der Waals surface area contributed by atoms with Gasteiger partial charge < -0.3 is 0 Å². The molecule has 2 aromatic heterocycles. The number of amides is 1. The summed E-state index contributed by atoms with van der Waals surface area (Å²) in [4.78, 5) is 15.1. The van der Waals surface area contributed by atoms with Gasteiger partial charge in [-0.05, 0) is 0 Å². The first kappa shape index (κ1) is 8.29. The molecule has 0 aromatic carbocycles. The predicted octanol–water partition coefficient (Wildman–Crippen LogP) is -0.0271. The molecule has 2 aromatic rings. The Balaban J connectivity index is 2.81. The number of nitrogens with two attached hydrogens (primary N) is 2. The van der Waals surface area contributed by atoms with Crippen LogP contribution in [0, 0.1) is 0 Å². The van der Waals surface area contributed by atoms with E-state index in [0.717, 1.165) is 9.78 Å². The third-order valence-corrected chi connectivity index (χ3v) is 4.13. The molecule has 0 aliphatic rings. The number of carbonyl (C=O) groups excluding carboxylic acids is 1. The Kier molecular flexibility index (Phi) is 1.83. The Hall–Kier alpha value is -1.32. The van der Waals surface area contributed by atoms with Gasteiger partial charge in [0, 0.05) is 0 Å². The van der Waals surface area contributed by atoms with Gasteiger partial charge in [-0.15, -0.1) is 0 Å². The zero-order valence-corrected chi connectivity index (χ0v) is 8.36. The van der Waals surface area contributed by atoms with Gasteiger partial charge in [-0.3, -0.25) is 0 Å². The molecule has 2 rings (SSSR count). The van der Waals surface area contributed by atoms with Crippen LogP contribution in [0.25, 0.3) is 9.78 Å². The molecule has 0 saturated carbocycles. The van der Waals surface area contributed by atoms with Crippen LogP contribution < -0.4 is 11.5 Å². The maximum absolute atomic E-state index is 11.0. The molecule has 1 amide bonds. The minimum atomic E-state index is -0.435. The number of primary amides is 1. The summed E-state index contributed by atoms with van der Waals surface area (Å²) >= 11 is -0.119. The molecule has 0 atom stereocenters.